The summed E-state index contributed by atoms with van der Waals surface area (Å²) >= 11 is 1.59. The van der Waals surface area contributed by atoms with Crippen molar-refractivity contribution in [1.29, 1.82) is 0 Å². The zero-order valence-corrected chi connectivity index (χ0v) is 12.3. The lowest BCUT2D eigenvalue weighted by Gasteiger charge is -2.49. The summed E-state index contributed by atoms with van der Waals surface area (Å²) in [4.78, 5) is 13.4. The molecule has 0 bridgehead atoms. The van der Waals surface area contributed by atoms with E-state index < -0.39 is 10.9 Å². The molecule has 0 aromatic rings. The van der Waals surface area contributed by atoms with Gasteiger partial charge in [-0.15, -0.1) is 11.8 Å². The molecule has 2 N–H and O–H groups in total. The van der Waals surface area contributed by atoms with Gasteiger partial charge in [-0.05, 0) is 43.1 Å². The van der Waals surface area contributed by atoms with E-state index in [1.165, 1.54) is 10.5 Å². The van der Waals surface area contributed by atoms with E-state index in [4.69, 9.17) is 0 Å². The highest BCUT2D eigenvalue weighted by Crippen LogP contribution is 2.55. The maximum absolute atomic E-state index is 12.2. The summed E-state index contributed by atoms with van der Waals surface area (Å²) < 4.78 is -0.651. The van der Waals surface area contributed by atoms with E-state index in [1.807, 2.05) is 0 Å². The van der Waals surface area contributed by atoms with Crippen LogP contribution < -0.4 is 5.32 Å². The number of thioether (sulfide) groups is 1. The molecule has 2 aliphatic heterocycles. The molecule has 0 radical (unpaired) electrons. The molecule has 19 heavy (non-hydrogen) atoms. The molecule has 1 amide bonds. The highest BCUT2D eigenvalue weighted by atomic mass is 32.2. The van der Waals surface area contributed by atoms with Crippen LogP contribution in [0.3, 0.4) is 0 Å². The molecule has 1 fully saturated rings. The number of β-lactam (4-membered cyclic amide) rings is 1. The fraction of sp³-hybridized carbons (Fsp3) is 0.667. The van der Waals surface area contributed by atoms with Gasteiger partial charge < -0.3 is 10.4 Å². The summed E-state index contributed by atoms with van der Waals surface area (Å²) in [6.45, 7) is 4.19. The lowest BCUT2D eigenvalue weighted by Crippen LogP contribution is -2.75. The number of aliphatic hydroxyl groups is 1. The van der Waals surface area contributed by atoms with Gasteiger partial charge in [0.1, 0.15) is 4.75 Å². The maximum Gasteiger partial charge on any atom is 0.242 e. The quantitative estimate of drug-likeness (QED) is 0.616. The molecule has 1 unspecified atom stereocenters. The van der Waals surface area contributed by atoms with Crippen LogP contribution in [0, 0.1) is 5.92 Å². The Morgan fingerprint density at radius 2 is 2.42 bits per heavy atom. The number of aliphatic hydroxyl groups excluding tert-OH is 1. The predicted octanol–water partition coefficient (Wildman–Crippen LogP) is 2.37. The van der Waals surface area contributed by atoms with Crippen molar-refractivity contribution in [2.45, 2.75) is 56.4 Å². The molecule has 2 heterocycles. The molecular formula is C15H21NO2S. The maximum atomic E-state index is 12.2. The molecule has 4 atom stereocenters. The van der Waals surface area contributed by atoms with Gasteiger partial charge in [-0.2, -0.15) is 0 Å². The first kappa shape index (κ1) is 13.3. The Kier molecular flexibility index (Phi) is 3.26. The normalized spacial score (nSPS) is 38.8. The van der Waals surface area contributed by atoms with Crippen molar-refractivity contribution in [3.8, 4) is 0 Å². The van der Waals surface area contributed by atoms with E-state index in [0.29, 0.717) is 0 Å². The standard InChI is InChI=1S/C15H21NO2S/c1-3-11-9(2)19-15(12(11)16-14(15)18)13(17)10-7-5-4-6-8-10/h5,7,10,12-13,17H,3-4,6,8H2,1-2H3,(H,16,18)/t10?,12-,13-,15-/m0/s1. The predicted molar refractivity (Wildman–Crippen MR) is 77.7 cm³/mol. The topological polar surface area (TPSA) is 49.3 Å². The first-order chi connectivity index (χ1) is 9.11. The fourth-order valence-corrected chi connectivity index (χ4v) is 5.28. The Labute approximate surface area is 118 Å². The molecule has 0 spiro atoms. The van der Waals surface area contributed by atoms with Gasteiger partial charge in [0.05, 0.1) is 12.1 Å². The van der Waals surface area contributed by atoms with Crippen LogP contribution in [0.5, 0.6) is 0 Å². The van der Waals surface area contributed by atoms with E-state index in [9.17, 15) is 9.90 Å². The van der Waals surface area contributed by atoms with Crippen LogP contribution in [0.2, 0.25) is 0 Å². The minimum atomic E-state index is -0.651. The zero-order valence-electron chi connectivity index (χ0n) is 11.5. The van der Waals surface area contributed by atoms with Crippen LogP contribution in [0.25, 0.3) is 0 Å². The third-order valence-electron chi connectivity index (χ3n) is 4.70. The molecule has 4 heteroatoms. The lowest BCUT2D eigenvalue weighted by molar-refractivity contribution is -0.137. The SMILES string of the molecule is CCC1=C(C)S[C@@]2([C@@H](O)C3C=CCCC3)C(=O)N[C@@H]12. The smallest absolute Gasteiger partial charge is 0.242 e. The molecule has 3 rings (SSSR count). The van der Waals surface area contributed by atoms with Crippen LogP contribution in [0.1, 0.15) is 39.5 Å². The number of nitrogens with one attached hydrogen (secondary N) is 1. The Bertz CT molecular complexity index is 471. The van der Waals surface area contributed by atoms with Crippen molar-refractivity contribution in [3.63, 3.8) is 0 Å². The van der Waals surface area contributed by atoms with Crippen LogP contribution in [0.15, 0.2) is 22.6 Å². The number of hydrogen-bond donors (Lipinski definition) is 2. The summed E-state index contributed by atoms with van der Waals surface area (Å²) in [7, 11) is 0. The molecule has 104 valence electrons. The second kappa shape index (κ2) is 4.67. The summed E-state index contributed by atoms with van der Waals surface area (Å²) in [6, 6.07) is 0.0420. The first-order valence-corrected chi connectivity index (χ1v) is 7.97. The Hall–Kier alpha value is -0.740. The van der Waals surface area contributed by atoms with Gasteiger partial charge in [-0.3, -0.25) is 4.79 Å². The summed E-state index contributed by atoms with van der Waals surface area (Å²) in [5.74, 6) is 0.135. The first-order valence-electron chi connectivity index (χ1n) is 7.15. The number of hydrogen-bond acceptors (Lipinski definition) is 3. The van der Waals surface area contributed by atoms with Crippen molar-refractivity contribution in [1.82, 2.24) is 5.32 Å². The van der Waals surface area contributed by atoms with Crippen LogP contribution >= 0.6 is 11.8 Å². The number of amides is 1. The Morgan fingerprint density at radius 3 is 3.00 bits per heavy atom. The van der Waals surface area contributed by atoms with Crippen LogP contribution in [0.4, 0.5) is 0 Å². The second-order valence-corrected chi connectivity index (χ2v) is 7.20. The van der Waals surface area contributed by atoms with Gasteiger partial charge in [0.25, 0.3) is 0 Å². The molecule has 3 nitrogen and oxygen atoms in total. The van der Waals surface area contributed by atoms with Gasteiger partial charge in [-0.1, -0.05) is 19.1 Å². The van der Waals surface area contributed by atoms with E-state index in [-0.39, 0.29) is 17.9 Å². The van der Waals surface area contributed by atoms with Gasteiger partial charge in [-0.25, -0.2) is 0 Å². The minimum absolute atomic E-state index is 0.0109. The number of rotatable bonds is 3. The summed E-state index contributed by atoms with van der Waals surface area (Å²) in [5.41, 5.74) is 1.29. The Morgan fingerprint density at radius 1 is 1.63 bits per heavy atom. The molecule has 0 aromatic heterocycles. The highest BCUT2D eigenvalue weighted by Gasteiger charge is 2.65. The van der Waals surface area contributed by atoms with E-state index in [2.05, 4.69) is 31.3 Å². The average molecular weight is 279 g/mol. The van der Waals surface area contributed by atoms with E-state index in [1.54, 1.807) is 11.8 Å². The van der Waals surface area contributed by atoms with E-state index in [0.717, 1.165) is 25.7 Å². The molecule has 1 aliphatic carbocycles. The zero-order chi connectivity index (χ0) is 13.6. The van der Waals surface area contributed by atoms with E-state index >= 15 is 0 Å². The fourth-order valence-electron chi connectivity index (χ4n) is 3.62. The van der Waals surface area contributed by atoms with Crippen molar-refractivity contribution < 1.29 is 9.90 Å². The third-order valence-corrected chi connectivity index (χ3v) is 6.27. The highest BCUT2D eigenvalue weighted by molar-refractivity contribution is 8.05. The molecule has 1 saturated heterocycles. The Balaban J connectivity index is 1.88. The van der Waals surface area contributed by atoms with Gasteiger partial charge in [0.15, 0.2) is 0 Å². The van der Waals surface area contributed by atoms with Gasteiger partial charge in [0, 0.05) is 5.92 Å². The number of carbonyl (C=O) groups is 1. The number of fused-ring (bicyclic) bond motifs is 1. The van der Waals surface area contributed by atoms with Crippen LogP contribution in [-0.4, -0.2) is 27.9 Å². The minimum Gasteiger partial charge on any atom is -0.390 e. The van der Waals surface area contributed by atoms with Gasteiger partial charge >= 0.3 is 0 Å². The number of allylic oxidation sites excluding steroid dienone is 2. The number of carbonyl (C=O) groups excluding carboxylic acids is 1. The second-order valence-electron chi connectivity index (χ2n) is 5.70. The van der Waals surface area contributed by atoms with Crippen molar-refractivity contribution >= 4 is 17.7 Å². The van der Waals surface area contributed by atoms with Crippen LogP contribution in [-0.2, 0) is 4.79 Å². The molecular weight excluding hydrogens is 258 g/mol. The molecule has 3 aliphatic rings. The summed E-state index contributed by atoms with van der Waals surface area (Å²) in [6.07, 6.45) is 7.80. The monoisotopic (exact) mass is 279 g/mol. The van der Waals surface area contributed by atoms with Crippen molar-refractivity contribution in [2.24, 2.45) is 5.92 Å². The van der Waals surface area contributed by atoms with Gasteiger partial charge in [0.2, 0.25) is 5.91 Å². The third kappa shape index (κ3) is 1.73. The summed E-state index contributed by atoms with van der Waals surface area (Å²) in [5, 5.41) is 13.8. The molecule has 0 aromatic carbocycles. The van der Waals surface area contributed by atoms with Crippen molar-refractivity contribution in [3.05, 3.63) is 22.6 Å². The molecule has 0 saturated carbocycles. The van der Waals surface area contributed by atoms with Crippen molar-refractivity contribution in [2.75, 3.05) is 0 Å². The lowest BCUT2D eigenvalue weighted by atomic mass is 9.73. The average Bonchev–Trinajstić information content (AvgIpc) is 2.67. The largest absolute Gasteiger partial charge is 0.390 e.